The van der Waals surface area contributed by atoms with Gasteiger partial charge in [0, 0.05) is 45.8 Å². The summed E-state index contributed by atoms with van der Waals surface area (Å²) in [6.45, 7) is 8.31. The molecule has 1 fully saturated rings. The molecule has 7 heteroatoms. The Bertz CT molecular complexity index is 1190. The van der Waals surface area contributed by atoms with E-state index < -0.39 is 0 Å². The van der Waals surface area contributed by atoms with Gasteiger partial charge in [0.25, 0.3) is 0 Å². The highest BCUT2D eigenvalue weighted by Gasteiger charge is 2.33. The lowest BCUT2D eigenvalue weighted by atomic mass is 10.0. The summed E-state index contributed by atoms with van der Waals surface area (Å²) < 4.78 is 15.1. The van der Waals surface area contributed by atoms with Crippen molar-refractivity contribution in [2.75, 3.05) is 44.2 Å². The zero-order valence-electron chi connectivity index (χ0n) is 22.3. The normalized spacial score (nSPS) is 14.7. The molecule has 4 rings (SSSR count). The zero-order chi connectivity index (χ0) is 26.9. The highest BCUT2D eigenvalue weighted by atomic mass is 19.1. The summed E-state index contributed by atoms with van der Waals surface area (Å²) in [5.74, 6) is -0.360. The molecule has 3 aromatic rings. The van der Waals surface area contributed by atoms with Crippen LogP contribution in [0.4, 0.5) is 10.1 Å². The predicted octanol–water partition coefficient (Wildman–Crippen LogP) is 4.42. The summed E-state index contributed by atoms with van der Waals surface area (Å²) in [7, 11) is 0. The molecule has 3 aromatic carbocycles. The van der Waals surface area contributed by atoms with Gasteiger partial charge in [-0.15, -0.1) is 0 Å². The number of rotatable bonds is 10. The number of benzene rings is 3. The number of carbonyl (C=O) groups excluding carboxylic acids is 2. The molecule has 1 heterocycles. The number of hydrogen-bond acceptors (Lipinski definition) is 4. The second-order valence-electron chi connectivity index (χ2n) is 9.57. The fraction of sp³-hybridized carbons (Fsp3) is 0.355. The second-order valence-corrected chi connectivity index (χ2v) is 9.57. The van der Waals surface area contributed by atoms with Gasteiger partial charge < -0.3 is 15.1 Å². The third-order valence-electron chi connectivity index (χ3n) is 7.15. The van der Waals surface area contributed by atoms with Crippen LogP contribution in [-0.4, -0.2) is 60.9 Å². The van der Waals surface area contributed by atoms with E-state index in [-0.39, 0.29) is 30.1 Å². The molecule has 1 aliphatic rings. The molecule has 0 aliphatic carbocycles. The number of nitrogens with zero attached hydrogens (tertiary/aromatic N) is 3. The predicted molar refractivity (Wildman–Crippen MR) is 149 cm³/mol. The van der Waals surface area contributed by atoms with Crippen molar-refractivity contribution in [2.24, 2.45) is 0 Å². The molecule has 1 unspecified atom stereocenters. The number of likely N-dealkylation sites (N-methyl/N-ethyl adjacent to an activating group) is 1. The minimum Gasteiger partial charge on any atom is -0.367 e. The van der Waals surface area contributed by atoms with E-state index in [2.05, 4.69) is 10.2 Å². The average molecular weight is 517 g/mol. The van der Waals surface area contributed by atoms with E-state index in [1.165, 1.54) is 6.07 Å². The average Bonchev–Trinajstić information content (AvgIpc) is 2.94. The van der Waals surface area contributed by atoms with Gasteiger partial charge in [0.15, 0.2) is 0 Å². The number of piperazine rings is 1. The first-order valence-corrected chi connectivity index (χ1v) is 13.4. The Morgan fingerprint density at radius 2 is 1.50 bits per heavy atom. The third kappa shape index (κ3) is 6.78. The van der Waals surface area contributed by atoms with E-state index in [0.29, 0.717) is 57.1 Å². The summed E-state index contributed by atoms with van der Waals surface area (Å²) in [5, 5.41) is 2.89. The van der Waals surface area contributed by atoms with Crippen LogP contribution in [0.25, 0.3) is 0 Å². The summed E-state index contributed by atoms with van der Waals surface area (Å²) >= 11 is 0. The molecule has 0 saturated carbocycles. The molecule has 0 bridgehead atoms. The van der Waals surface area contributed by atoms with E-state index in [1.807, 2.05) is 90.4 Å². The molecule has 200 valence electrons. The van der Waals surface area contributed by atoms with Gasteiger partial charge in [-0.3, -0.25) is 14.5 Å². The molecular weight excluding hydrogens is 479 g/mol. The van der Waals surface area contributed by atoms with Gasteiger partial charge in [0.2, 0.25) is 11.8 Å². The first-order valence-electron chi connectivity index (χ1n) is 13.4. The number of nitrogens with one attached hydrogen (secondary N) is 1. The second kappa shape index (κ2) is 13.2. The van der Waals surface area contributed by atoms with E-state index >= 15 is 4.39 Å². The largest absolute Gasteiger partial charge is 0.367 e. The summed E-state index contributed by atoms with van der Waals surface area (Å²) in [4.78, 5) is 31.9. The molecular formula is C31H37FN4O2. The topological polar surface area (TPSA) is 55.9 Å². The number of carbonyl (C=O) groups is 2. The van der Waals surface area contributed by atoms with Crippen LogP contribution in [0.5, 0.6) is 0 Å². The Hall–Kier alpha value is -3.71. The van der Waals surface area contributed by atoms with Gasteiger partial charge in [0.05, 0.1) is 12.1 Å². The van der Waals surface area contributed by atoms with Gasteiger partial charge in [-0.25, -0.2) is 4.39 Å². The quantitative estimate of drug-likeness (QED) is 0.434. The molecule has 1 N–H and O–H groups in total. The Morgan fingerprint density at radius 1 is 0.868 bits per heavy atom. The maximum atomic E-state index is 15.1. The Kier molecular flexibility index (Phi) is 9.49. The zero-order valence-corrected chi connectivity index (χ0v) is 22.3. The van der Waals surface area contributed by atoms with Crippen LogP contribution in [0.15, 0.2) is 78.9 Å². The summed E-state index contributed by atoms with van der Waals surface area (Å²) in [6.07, 6.45) is 0.129. The molecule has 1 atom stereocenters. The highest BCUT2D eigenvalue weighted by Crippen LogP contribution is 2.28. The Balaban J connectivity index is 1.37. The third-order valence-corrected chi connectivity index (χ3v) is 7.15. The van der Waals surface area contributed by atoms with Crippen LogP contribution < -0.4 is 10.2 Å². The minimum atomic E-state index is -0.347. The molecule has 0 spiro atoms. The molecule has 1 saturated heterocycles. The van der Waals surface area contributed by atoms with Crippen LogP contribution in [-0.2, 0) is 22.6 Å². The van der Waals surface area contributed by atoms with Crippen molar-refractivity contribution in [3.05, 3.63) is 101 Å². The van der Waals surface area contributed by atoms with Crippen LogP contribution in [0, 0.1) is 5.82 Å². The molecule has 2 amide bonds. The van der Waals surface area contributed by atoms with Crippen molar-refractivity contribution in [1.82, 2.24) is 15.1 Å². The Morgan fingerprint density at radius 3 is 2.11 bits per heavy atom. The van der Waals surface area contributed by atoms with Crippen molar-refractivity contribution in [3.63, 3.8) is 0 Å². The maximum Gasteiger partial charge on any atom is 0.244 e. The minimum absolute atomic E-state index is 0.107. The van der Waals surface area contributed by atoms with E-state index in [9.17, 15) is 9.59 Å². The van der Waals surface area contributed by atoms with Crippen LogP contribution in [0.2, 0.25) is 0 Å². The number of halogens is 1. The molecule has 6 nitrogen and oxygen atoms in total. The Labute approximate surface area is 225 Å². The van der Waals surface area contributed by atoms with Crippen molar-refractivity contribution in [1.29, 1.82) is 0 Å². The van der Waals surface area contributed by atoms with Crippen molar-refractivity contribution in [3.8, 4) is 0 Å². The molecule has 0 aromatic heterocycles. The lowest BCUT2D eigenvalue weighted by Crippen LogP contribution is -2.52. The van der Waals surface area contributed by atoms with Gasteiger partial charge in [-0.1, -0.05) is 66.7 Å². The highest BCUT2D eigenvalue weighted by molar-refractivity contribution is 5.83. The van der Waals surface area contributed by atoms with Crippen molar-refractivity contribution in [2.45, 2.75) is 32.9 Å². The van der Waals surface area contributed by atoms with E-state index in [1.54, 1.807) is 6.07 Å². The van der Waals surface area contributed by atoms with E-state index in [4.69, 9.17) is 0 Å². The molecule has 0 radical (unpaired) electrons. The SMILES string of the molecule is CCN(CC)C(=O)C(c1ccccc1)N1CCN(c2ccc(CC(=O)NCc3ccccc3)cc2F)CC1. The van der Waals surface area contributed by atoms with Gasteiger partial charge in [-0.2, -0.15) is 0 Å². The lowest BCUT2D eigenvalue weighted by molar-refractivity contribution is -0.137. The smallest absolute Gasteiger partial charge is 0.244 e. The standard InChI is InChI=1S/C31H37FN4O2/c1-3-34(4-2)31(38)30(26-13-9-6-10-14-26)36-19-17-35(18-20-36)28-16-15-25(21-27(28)32)22-29(37)33-23-24-11-7-5-8-12-24/h5-16,21,30H,3-4,17-20,22-23H2,1-2H3,(H,33,37). The first-order chi connectivity index (χ1) is 18.5. The van der Waals surface area contributed by atoms with Crippen LogP contribution in [0.3, 0.4) is 0 Å². The van der Waals surface area contributed by atoms with Gasteiger partial charge in [0.1, 0.15) is 11.9 Å². The van der Waals surface area contributed by atoms with E-state index in [0.717, 1.165) is 11.1 Å². The van der Waals surface area contributed by atoms with Crippen molar-refractivity contribution < 1.29 is 14.0 Å². The number of hydrogen-bond donors (Lipinski definition) is 1. The van der Waals surface area contributed by atoms with Crippen molar-refractivity contribution >= 4 is 17.5 Å². The number of anilines is 1. The number of amides is 2. The molecule has 38 heavy (non-hydrogen) atoms. The fourth-order valence-electron chi connectivity index (χ4n) is 5.04. The fourth-order valence-corrected chi connectivity index (χ4v) is 5.04. The van der Waals surface area contributed by atoms with Crippen LogP contribution >= 0.6 is 0 Å². The monoisotopic (exact) mass is 516 g/mol. The van der Waals surface area contributed by atoms with Gasteiger partial charge >= 0.3 is 0 Å². The first kappa shape index (κ1) is 27.3. The maximum absolute atomic E-state index is 15.1. The molecule has 1 aliphatic heterocycles. The lowest BCUT2D eigenvalue weighted by Gasteiger charge is -2.41. The van der Waals surface area contributed by atoms with Crippen LogP contribution in [0.1, 0.15) is 36.6 Å². The van der Waals surface area contributed by atoms with Gasteiger partial charge in [-0.05, 0) is 42.7 Å². The summed E-state index contributed by atoms with van der Waals surface area (Å²) in [5.41, 5.74) is 3.18. The summed E-state index contributed by atoms with van der Waals surface area (Å²) in [6, 6.07) is 24.3.